The van der Waals surface area contributed by atoms with E-state index in [1.54, 1.807) is 36.1 Å². The number of hydrogen-bond acceptors (Lipinski definition) is 3. The normalized spacial score (nSPS) is 10.4. The van der Waals surface area contributed by atoms with Crippen LogP contribution in [0.1, 0.15) is 27.6 Å². The lowest BCUT2D eigenvalue weighted by Gasteiger charge is -2.03. The second-order valence-corrected chi connectivity index (χ2v) is 3.83. The molecule has 2 heterocycles. The SMILES string of the molecule is Cc1cc(C(=O)c2nccn2C)cc(C)n1. The first-order valence-electron chi connectivity index (χ1n) is 5.05. The van der Waals surface area contributed by atoms with E-state index in [0.717, 1.165) is 11.4 Å². The molecule has 0 radical (unpaired) electrons. The van der Waals surface area contributed by atoms with Crippen molar-refractivity contribution in [1.29, 1.82) is 0 Å². The zero-order chi connectivity index (χ0) is 11.7. The van der Waals surface area contributed by atoms with Crippen LogP contribution in [-0.2, 0) is 7.05 Å². The fraction of sp³-hybridized carbons (Fsp3) is 0.250. The van der Waals surface area contributed by atoms with Gasteiger partial charge in [-0.3, -0.25) is 9.78 Å². The number of carbonyl (C=O) groups is 1. The van der Waals surface area contributed by atoms with Crippen molar-refractivity contribution in [2.24, 2.45) is 7.05 Å². The first-order valence-corrected chi connectivity index (χ1v) is 5.05. The van der Waals surface area contributed by atoms with Gasteiger partial charge in [-0.05, 0) is 26.0 Å². The summed E-state index contributed by atoms with van der Waals surface area (Å²) in [4.78, 5) is 20.4. The Morgan fingerprint density at radius 1 is 1.25 bits per heavy atom. The third kappa shape index (κ3) is 1.86. The van der Waals surface area contributed by atoms with Crippen molar-refractivity contribution >= 4 is 5.78 Å². The smallest absolute Gasteiger partial charge is 0.228 e. The molecule has 0 aliphatic heterocycles. The Labute approximate surface area is 94.0 Å². The van der Waals surface area contributed by atoms with Crippen molar-refractivity contribution in [2.45, 2.75) is 13.8 Å². The van der Waals surface area contributed by atoms with E-state index in [-0.39, 0.29) is 5.78 Å². The first-order chi connectivity index (χ1) is 7.58. The van der Waals surface area contributed by atoms with Gasteiger partial charge in [0.05, 0.1) is 0 Å². The third-order valence-corrected chi connectivity index (χ3v) is 2.37. The van der Waals surface area contributed by atoms with Crippen LogP contribution in [0.25, 0.3) is 0 Å². The van der Waals surface area contributed by atoms with Gasteiger partial charge in [0.1, 0.15) is 0 Å². The number of nitrogens with zero attached hydrogens (tertiary/aromatic N) is 3. The molecule has 0 fully saturated rings. The van der Waals surface area contributed by atoms with E-state index < -0.39 is 0 Å². The van der Waals surface area contributed by atoms with E-state index in [2.05, 4.69) is 9.97 Å². The summed E-state index contributed by atoms with van der Waals surface area (Å²) in [5.41, 5.74) is 2.33. The minimum Gasteiger partial charge on any atom is -0.331 e. The largest absolute Gasteiger partial charge is 0.331 e. The molecule has 0 saturated heterocycles. The summed E-state index contributed by atoms with van der Waals surface area (Å²) in [5, 5.41) is 0. The predicted molar refractivity (Wildman–Crippen MR) is 60.4 cm³/mol. The van der Waals surface area contributed by atoms with Crippen LogP contribution in [0.2, 0.25) is 0 Å². The van der Waals surface area contributed by atoms with Crippen LogP contribution >= 0.6 is 0 Å². The summed E-state index contributed by atoms with van der Waals surface area (Å²) >= 11 is 0. The van der Waals surface area contributed by atoms with Crippen molar-refractivity contribution in [3.63, 3.8) is 0 Å². The Kier molecular flexibility index (Phi) is 2.56. The second-order valence-electron chi connectivity index (χ2n) is 3.83. The molecule has 0 unspecified atom stereocenters. The van der Waals surface area contributed by atoms with Crippen LogP contribution in [0.4, 0.5) is 0 Å². The van der Waals surface area contributed by atoms with Crippen molar-refractivity contribution in [1.82, 2.24) is 14.5 Å². The van der Waals surface area contributed by atoms with Crippen molar-refractivity contribution in [3.05, 3.63) is 47.3 Å². The van der Waals surface area contributed by atoms with Crippen molar-refractivity contribution in [3.8, 4) is 0 Å². The maximum atomic E-state index is 12.1. The minimum atomic E-state index is -0.0684. The summed E-state index contributed by atoms with van der Waals surface area (Å²) in [6.07, 6.45) is 3.38. The molecule has 0 aliphatic rings. The van der Waals surface area contributed by atoms with Gasteiger partial charge in [-0.15, -0.1) is 0 Å². The molecule has 4 heteroatoms. The Hall–Kier alpha value is -1.97. The maximum absolute atomic E-state index is 12.1. The molecule has 0 aromatic carbocycles. The van der Waals surface area contributed by atoms with Crippen molar-refractivity contribution in [2.75, 3.05) is 0 Å². The Balaban J connectivity index is 2.45. The molecule has 0 N–H and O–H groups in total. The van der Waals surface area contributed by atoms with Gasteiger partial charge in [0, 0.05) is 36.4 Å². The number of carbonyl (C=O) groups excluding carboxylic acids is 1. The molecular weight excluding hydrogens is 202 g/mol. The van der Waals surface area contributed by atoms with Gasteiger partial charge in [0.2, 0.25) is 5.78 Å². The van der Waals surface area contributed by atoms with Crippen LogP contribution in [0.15, 0.2) is 24.5 Å². The maximum Gasteiger partial charge on any atom is 0.228 e. The summed E-state index contributed by atoms with van der Waals surface area (Å²) in [7, 11) is 1.81. The minimum absolute atomic E-state index is 0.0684. The lowest BCUT2D eigenvalue weighted by molar-refractivity contribution is 0.102. The molecule has 0 aliphatic carbocycles. The standard InChI is InChI=1S/C12H13N3O/c1-8-6-10(7-9(2)14-8)11(16)12-13-4-5-15(12)3/h4-7H,1-3H3. The highest BCUT2D eigenvalue weighted by atomic mass is 16.1. The Morgan fingerprint density at radius 3 is 2.38 bits per heavy atom. The van der Waals surface area contributed by atoms with E-state index in [9.17, 15) is 4.79 Å². The third-order valence-electron chi connectivity index (χ3n) is 2.37. The van der Waals surface area contributed by atoms with Gasteiger partial charge in [-0.2, -0.15) is 0 Å². The van der Waals surface area contributed by atoms with E-state index in [4.69, 9.17) is 0 Å². The summed E-state index contributed by atoms with van der Waals surface area (Å²) in [6, 6.07) is 3.56. The summed E-state index contributed by atoms with van der Waals surface area (Å²) < 4.78 is 1.72. The molecule has 16 heavy (non-hydrogen) atoms. The van der Waals surface area contributed by atoms with Crippen LogP contribution in [-0.4, -0.2) is 20.3 Å². The highest BCUT2D eigenvalue weighted by Gasteiger charge is 2.14. The molecule has 0 bridgehead atoms. The molecule has 0 atom stereocenters. The zero-order valence-corrected chi connectivity index (χ0v) is 9.56. The number of hydrogen-bond donors (Lipinski definition) is 0. The van der Waals surface area contributed by atoms with Gasteiger partial charge in [0.25, 0.3) is 0 Å². The average Bonchev–Trinajstić information content (AvgIpc) is 2.62. The van der Waals surface area contributed by atoms with E-state index in [1.165, 1.54) is 0 Å². The number of ketones is 1. The molecule has 4 nitrogen and oxygen atoms in total. The van der Waals surface area contributed by atoms with Crippen LogP contribution in [0.5, 0.6) is 0 Å². The van der Waals surface area contributed by atoms with Gasteiger partial charge < -0.3 is 4.57 Å². The monoisotopic (exact) mass is 215 g/mol. The van der Waals surface area contributed by atoms with Crippen LogP contribution in [0.3, 0.4) is 0 Å². The number of aromatic nitrogens is 3. The highest BCUT2D eigenvalue weighted by molar-refractivity contribution is 6.06. The lowest BCUT2D eigenvalue weighted by Crippen LogP contribution is -2.09. The second kappa shape index (κ2) is 3.89. The number of rotatable bonds is 2. The molecule has 0 spiro atoms. The molecule has 2 aromatic heterocycles. The highest BCUT2D eigenvalue weighted by Crippen LogP contribution is 2.10. The molecular formula is C12H13N3O. The molecule has 2 rings (SSSR count). The Bertz CT molecular complexity index is 523. The predicted octanol–water partition coefficient (Wildman–Crippen LogP) is 1.66. The molecule has 0 amide bonds. The van der Waals surface area contributed by atoms with Gasteiger partial charge in [-0.1, -0.05) is 0 Å². The number of aryl methyl sites for hydroxylation is 3. The van der Waals surface area contributed by atoms with E-state index >= 15 is 0 Å². The van der Waals surface area contributed by atoms with Gasteiger partial charge in [-0.25, -0.2) is 4.98 Å². The fourth-order valence-electron chi connectivity index (χ4n) is 1.68. The number of pyridine rings is 1. The lowest BCUT2D eigenvalue weighted by atomic mass is 10.1. The van der Waals surface area contributed by atoms with Crippen molar-refractivity contribution < 1.29 is 4.79 Å². The number of imidazole rings is 1. The fourth-order valence-corrected chi connectivity index (χ4v) is 1.68. The first kappa shape index (κ1) is 10.5. The van der Waals surface area contributed by atoms with Gasteiger partial charge in [0.15, 0.2) is 5.82 Å². The van der Waals surface area contributed by atoms with Crippen LogP contribution < -0.4 is 0 Å². The quantitative estimate of drug-likeness (QED) is 0.716. The molecule has 2 aromatic rings. The van der Waals surface area contributed by atoms with E-state index in [1.807, 2.05) is 13.8 Å². The van der Waals surface area contributed by atoms with Crippen LogP contribution in [0, 0.1) is 13.8 Å². The topological polar surface area (TPSA) is 47.8 Å². The summed E-state index contributed by atoms with van der Waals surface area (Å²) in [5.74, 6) is 0.381. The Morgan fingerprint density at radius 2 is 1.88 bits per heavy atom. The zero-order valence-electron chi connectivity index (χ0n) is 9.56. The summed E-state index contributed by atoms with van der Waals surface area (Å²) in [6.45, 7) is 3.75. The van der Waals surface area contributed by atoms with E-state index in [0.29, 0.717) is 11.4 Å². The molecule has 82 valence electrons. The molecule has 0 saturated carbocycles. The average molecular weight is 215 g/mol. The van der Waals surface area contributed by atoms with Gasteiger partial charge >= 0.3 is 0 Å².